The Bertz CT molecular complexity index is 1420. The molecule has 2 aromatic heterocycles. The van der Waals surface area contributed by atoms with Crippen LogP contribution in [0.3, 0.4) is 0 Å². The van der Waals surface area contributed by atoms with Crippen molar-refractivity contribution in [3.05, 3.63) is 68.8 Å². The Labute approximate surface area is 245 Å². The smallest absolute Gasteiger partial charge is 0.406 e. The standard InChI is InChI=1S/C31H36N4O5S/c1-31(2,40-28-9-4-5-16-38-28)13-10-22-7-6-8-23(17-22)21-39-26-18-25(19-32-29(26)35(36)37)30-33-20-27(41-30)24-11-14-34(3)15-12-24/h6-8,17-20,24,28H,4-5,9,11-12,14-16,21H2,1-3H3. The van der Waals surface area contributed by atoms with Crippen molar-refractivity contribution in [2.24, 2.45) is 0 Å². The molecule has 2 saturated heterocycles. The van der Waals surface area contributed by atoms with Gasteiger partial charge in [0.05, 0.1) is 5.56 Å². The molecule has 0 spiro atoms. The van der Waals surface area contributed by atoms with Gasteiger partial charge < -0.3 is 29.2 Å². The Kier molecular flexibility index (Phi) is 9.30. The fourth-order valence-corrected chi connectivity index (χ4v) is 6.05. The summed E-state index contributed by atoms with van der Waals surface area (Å²) in [6.45, 7) is 6.87. The van der Waals surface area contributed by atoms with Crippen LogP contribution in [0.15, 0.2) is 42.7 Å². The van der Waals surface area contributed by atoms with Crippen molar-refractivity contribution in [1.29, 1.82) is 0 Å². The molecule has 1 unspecified atom stereocenters. The van der Waals surface area contributed by atoms with Gasteiger partial charge in [-0.2, -0.15) is 0 Å². The number of nitrogens with zero attached hydrogens (tertiary/aromatic N) is 4. The van der Waals surface area contributed by atoms with Crippen LogP contribution in [-0.4, -0.2) is 58.4 Å². The van der Waals surface area contributed by atoms with E-state index in [9.17, 15) is 10.1 Å². The SMILES string of the molecule is CN1CCC(c2cnc(-c3cnc([N+](=O)[O-])c(OCc4cccc(C#CC(C)(C)OC5CCCCO5)c4)c3)s2)CC1. The highest BCUT2D eigenvalue weighted by Crippen LogP contribution is 2.37. The normalized spacial score (nSPS) is 18.5. The van der Waals surface area contributed by atoms with E-state index < -0.39 is 10.5 Å². The summed E-state index contributed by atoms with van der Waals surface area (Å²) in [6.07, 6.45) is 8.45. The van der Waals surface area contributed by atoms with Crippen LogP contribution < -0.4 is 4.74 Å². The Morgan fingerprint density at radius 2 is 2.00 bits per heavy atom. The van der Waals surface area contributed by atoms with Crippen LogP contribution in [0.2, 0.25) is 0 Å². The van der Waals surface area contributed by atoms with Gasteiger partial charge in [0, 0.05) is 29.3 Å². The largest absolute Gasteiger partial charge is 0.481 e. The van der Waals surface area contributed by atoms with Crippen LogP contribution in [0.1, 0.15) is 67.9 Å². The monoisotopic (exact) mass is 576 g/mol. The second-order valence-electron chi connectivity index (χ2n) is 11.1. The molecule has 0 radical (unpaired) electrons. The highest BCUT2D eigenvalue weighted by Gasteiger charge is 2.25. The maximum Gasteiger partial charge on any atom is 0.406 e. The zero-order chi connectivity index (χ0) is 28.8. The van der Waals surface area contributed by atoms with Crippen molar-refractivity contribution < 1.29 is 19.1 Å². The van der Waals surface area contributed by atoms with E-state index in [4.69, 9.17) is 14.2 Å². The van der Waals surface area contributed by atoms with Crippen LogP contribution in [0, 0.1) is 22.0 Å². The number of benzene rings is 1. The first-order valence-electron chi connectivity index (χ1n) is 14.1. The molecule has 3 aromatic rings. The molecule has 216 valence electrons. The van der Waals surface area contributed by atoms with E-state index >= 15 is 0 Å². The molecular formula is C31H36N4O5S. The predicted octanol–water partition coefficient (Wildman–Crippen LogP) is 6.17. The molecule has 0 aliphatic carbocycles. The van der Waals surface area contributed by atoms with Crippen LogP contribution in [0.5, 0.6) is 5.75 Å². The maximum atomic E-state index is 11.7. The van der Waals surface area contributed by atoms with E-state index in [-0.39, 0.29) is 24.5 Å². The molecule has 0 amide bonds. The van der Waals surface area contributed by atoms with Gasteiger partial charge in [-0.1, -0.05) is 24.0 Å². The molecule has 0 N–H and O–H groups in total. The number of hydrogen-bond acceptors (Lipinski definition) is 9. The summed E-state index contributed by atoms with van der Waals surface area (Å²) >= 11 is 1.62. The van der Waals surface area contributed by atoms with Gasteiger partial charge in [0.15, 0.2) is 12.5 Å². The van der Waals surface area contributed by atoms with Gasteiger partial charge in [-0.15, -0.1) is 11.3 Å². The summed E-state index contributed by atoms with van der Waals surface area (Å²) in [7, 11) is 2.15. The lowest BCUT2D eigenvalue weighted by Gasteiger charge is -2.29. The number of hydrogen-bond donors (Lipinski definition) is 0. The molecule has 1 aromatic carbocycles. The number of aromatic nitrogens is 2. The van der Waals surface area contributed by atoms with Crippen LogP contribution in [0.4, 0.5) is 5.82 Å². The number of ether oxygens (including phenoxy) is 3. The molecule has 4 heterocycles. The van der Waals surface area contributed by atoms with Crippen molar-refractivity contribution in [2.45, 2.75) is 70.4 Å². The van der Waals surface area contributed by atoms with Gasteiger partial charge in [0.1, 0.15) is 17.2 Å². The first-order chi connectivity index (χ1) is 19.8. The summed E-state index contributed by atoms with van der Waals surface area (Å²) in [5.74, 6) is 6.68. The lowest BCUT2D eigenvalue weighted by molar-refractivity contribution is -0.390. The molecule has 1 atom stereocenters. The second kappa shape index (κ2) is 13.1. The predicted molar refractivity (Wildman–Crippen MR) is 158 cm³/mol. The maximum absolute atomic E-state index is 11.7. The number of rotatable bonds is 8. The van der Waals surface area contributed by atoms with Gasteiger partial charge in [-0.05, 0) is 99.6 Å². The molecule has 41 heavy (non-hydrogen) atoms. The van der Waals surface area contributed by atoms with E-state index in [2.05, 4.69) is 33.8 Å². The second-order valence-corrected chi connectivity index (χ2v) is 12.2. The lowest BCUT2D eigenvalue weighted by Crippen LogP contribution is -2.33. The Balaban J connectivity index is 1.27. The summed E-state index contributed by atoms with van der Waals surface area (Å²) in [5.41, 5.74) is 1.69. The zero-order valence-electron chi connectivity index (χ0n) is 23.8. The van der Waals surface area contributed by atoms with Gasteiger partial charge in [-0.25, -0.2) is 4.98 Å². The molecule has 2 aliphatic rings. The highest BCUT2D eigenvalue weighted by atomic mass is 32.1. The van der Waals surface area contributed by atoms with Crippen molar-refractivity contribution in [1.82, 2.24) is 14.9 Å². The van der Waals surface area contributed by atoms with Crippen molar-refractivity contribution in [3.8, 4) is 28.2 Å². The summed E-state index contributed by atoms with van der Waals surface area (Å²) in [5, 5.41) is 12.5. The number of pyridine rings is 1. The molecule has 0 saturated carbocycles. The lowest BCUT2D eigenvalue weighted by atomic mass is 9.96. The third-order valence-electron chi connectivity index (χ3n) is 7.29. The van der Waals surface area contributed by atoms with E-state index in [0.717, 1.165) is 67.9 Å². The Morgan fingerprint density at radius 3 is 2.76 bits per heavy atom. The Hall–Kier alpha value is -3.36. The third-order valence-corrected chi connectivity index (χ3v) is 8.50. The summed E-state index contributed by atoms with van der Waals surface area (Å²) in [6, 6.07) is 9.29. The first kappa shape index (κ1) is 29.1. The number of piperidine rings is 1. The fourth-order valence-electron chi connectivity index (χ4n) is 4.98. The summed E-state index contributed by atoms with van der Waals surface area (Å²) in [4.78, 5) is 23.5. The first-order valence-corrected chi connectivity index (χ1v) is 14.9. The quantitative estimate of drug-likeness (QED) is 0.178. The molecule has 2 aliphatic heterocycles. The number of likely N-dealkylation sites (tertiary alicyclic amines) is 1. The molecule has 5 rings (SSSR count). The average Bonchev–Trinajstić information content (AvgIpc) is 3.46. The molecule has 2 fully saturated rings. The van der Waals surface area contributed by atoms with Crippen molar-refractivity contribution in [2.75, 3.05) is 26.7 Å². The van der Waals surface area contributed by atoms with Crippen molar-refractivity contribution in [3.63, 3.8) is 0 Å². The Morgan fingerprint density at radius 1 is 1.17 bits per heavy atom. The molecule has 10 heteroatoms. The van der Waals surface area contributed by atoms with Crippen molar-refractivity contribution >= 4 is 17.2 Å². The van der Waals surface area contributed by atoms with Crippen LogP contribution in [0.25, 0.3) is 10.6 Å². The molecule has 9 nitrogen and oxygen atoms in total. The van der Waals surface area contributed by atoms with E-state index in [1.54, 1.807) is 17.4 Å². The molecule has 0 bridgehead atoms. The highest BCUT2D eigenvalue weighted by molar-refractivity contribution is 7.15. The minimum atomic E-state index is -0.662. The summed E-state index contributed by atoms with van der Waals surface area (Å²) < 4.78 is 17.7. The van der Waals surface area contributed by atoms with Gasteiger partial charge in [0.25, 0.3) is 0 Å². The molecular weight excluding hydrogens is 540 g/mol. The van der Waals surface area contributed by atoms with E-state index in [1.807, 2.05) is 44.3 Å². The van der Waals surface area contributed by atoms with Gasteiger partial charge in [-0.3, -0.25) is 0 Å². The number of thiazole rings is 1. The van der Waals surface area contributed by atoms with E-state index in [0.29, 0.717) is 11.5 Å². The van der Waals surface area contributed by atoms with Gasteiger partial charge >= 0.3 is 5.82 Å². The average molecular weight is 577 g/mol. The zero-order valence-corrected chi connectivity index (χ0v) is 24.6. The van der Waals surface area contributed by atoms with E-state index in [1.165, 1.54) is 11.1 Å². The minimum absolute atomic E-state index is 0.113. The van der Waals surface area contributed by atoms with Crippen LogP contribution >= 0.6 is 11.3 Å². The van der Waals surface area contributed by atoms with Gasteiger partial charge in [0.2, 0.25) is 5.75 Å². The van der Waals surface area contributed by atoms with Crippen LogP contribution in [-0.2, 0) is 16.1 Å². The minimum Gasteiger partial charge on any atom is -0.481 e. The topological polar surface area (TPSA) is 99.9 Å². The fraction of sp³-hybridized carbons (Fsp3) is 0.484. The third kappa shape index (κ3) is 7.89. The number of nitro groups is 1.